The van der Waals surface area contributed by atoms with Crippen molar-refractivity contribution in [2.75, 3.05) is 32.5 Å². The molecule has 0 amide bonds. The summed E-state index contributed by atoms with van der Waals surface area (Å²) in [6.07, 6.45) is 2.29. The Morgan fingerprint density at radius 2 is 2.00 bits per heavy atom. The van der Waals surface area contributed by atoms with Crippen LogP contribution < -0.4 is 5.73 Å². The number of nitrogens with two attached hydrogens (primary N) is 1. The van der Waals surface area contributed by atoms with Crippen molar-refractivity contribution in [1.29, 1.82) is 0 Å². The predicted octanol–water partition coefficient (Wildman–Crippen LogP) is 1.59. The number of likely N-dealkylation sites (N-methyl/N-ethyl adjacent to an activating group) is 1. The quantitative estimate of drug-likeness (QED) is 0.612. The fourth-order valence-electron chi connectivity index (χ4n) is 1.76. The van der Waals surface area contributed by atoms with Crippen molar-refractivity contribution in [3.05, 3.63) is 23.8 Å². The van der Waals surface area contributed by atoms with Crippen molar-refractivity contribution in [1.82, 2.24) is 4.31 Å². The molecule has 1 fully saturated rings. The van der Waals surface area contributed by atoms with Gasteiger partial charge in [0.2, 0.25) is 10.0 Å². The molecule has 1 aliphatic carbocycles. The highest BCUT2D eigenvalue weighted by atomic mass is 32.2. The maximum Gasteiger partial charge on any atom is 0.245 e. The molecule has 1 aliphatic rings. The molecule has 0 aliphatic heterocycles. The molecule has 0 unspecified atom stereocenters. The van der Waals surface area contributed by atoms with Crippen molar-refractivity contribution < 1.29 is 21.9 Å². The van der Waals surface area contributed by atoms with Crippen LogP contribution in [0.15, 0.2) is 17.0 Å². The maximum atomic E-state index is 13.7. The number of ether oxygens (including phenoxy) is 1. The van der Waals surface area contributed by atoms with Crippen LogP contribution in [0.25, 0.3) is 0 Å². The molecule has 2 rings (SSSR count). The molecule has 2 N–H and O–H groups in total. The van der Waals surface area contributed by atoms with Crippen LogP contribution in [0.4, 0.5) is 14.5 Å². The second-order valence-electron chi connectivity index (χ2n) is 5.15. The van der Waals surface area contributed by atoms with Crippen molar-refractivity contribution >= 4 is 15.7 Å². The fourth-order valence-corrected chi connectivity index (χ4v) is 2.99. The summed E-state index contributed by atoms with van der Waals surface area (Å²) in [6, 6.07) is 1.27. The minimum atomic E-state index is -4.06. The Bertz CT molecular complexity index is 618. The normalized spacial score (nSPS) is 15.6. The van der Waals surface area contributed by atoms with Crippen LogP contribution in [-0.4, -0.2) is 39.5 Å². The van der Waals surface area contributed by atoms with Gasteiger partial charge in [0.15, 0.2) is 0 Å². The smallest absolute Gasteiger partial charge is 0.245 e. The number of hydrogen-bond donors (Lipinski definition) is 1. The van der Waals surface area contributed by atoms with Gasteiger partial charge < -0.3 is 10.5 Å². The van der Waals surface area contributed by atoms with Crippen molar-refractivity contribution in [3.63, 3.8) is 0 Å². The number of benzene rings is 1. The maximum absolute atomic E-state index is 13.7. The standard InChI is InChI=1S/C13H18F2N2O3S/c1-17(4-5-20-8-9-2-3-9)21(18,19)13-7-12(16)10(14)6-11(13)15/h6-7,9H,2-5,8,16H2,1H3. The summed E-state index contributed by atoms with van der Waals surface area (Å²) in [7, 11) is -2.75. The first-order chi connectivity index (χ1) is 9.82. The van der Waals surface area contributed by atoms with Gasteiger partial charge in [-0.25, -0.2) is 17.2 Å². The van der Waals surface area contributed by atoms with Gasteiger partial charge in [0.05, 0.1) is 12.3 Å². The third-order valence-electron chi connectivity index (χ3n) is 3.34. The Morgan fingerprint density at radius 1 is 1.33 bits per heavy atom. The summed E-state index contributed by atoms with van der Waals surface area (Å²) in [4.78, 5) is -0.633. The summed E-state index contributed by atoms with van der Waals surface area (Å²) >= 11 is 0. The Hall–Kier alpha value is -1.25. The van der Waals surface area contributed by atoms with E-state index in [0.717, 1.165) is 23.2 Å². The second kappa shape index (κ2) is 6.25. The van der Waals surface area contributed by atoms with Gasteiger partial charge in [0.1, 0.15) is 16.5 Å². The SMILES string of the molecule is CN(CCOCC1CC1)S(=O)(=O)c1cc(N)c(F)cc1F. The second-order valence-corrected chi connectivity index (χ2v) is 7.16. The summed E-state index contributed by atoms with van der Waals surface area (Å²) in [5.74, 6) is -1.56. The van der Waals surface area contributed by atoms with E-state index in [0.29, 0.717) is 18.6 Å². The first-order valence-corrected chi connectivity index (χ1v) is 8.05. The van der Waals surface area contributed by atoms with Gasteiger partial charge in [-0.1, -0.05) is 0 Å². The summed E-state index contributed by atoms with van der Waals surface area (Å²) in [6.45, 7) is 0.933. The highest BCUT2D eigenvalue weighted by molar-refractivity contribution is 7.89. The van der Waals surface area contributed by atoms with E-state index in [1.807, 2.05) is 0 Å². The monoisotopic (exact) mass is 320 g/mol. The average molecular weight is 320 g/mol. The van der Waals surface area contributed by atoms with E-state index in [-0.39, 0.29) is 13.2 Å². The number of hydrogen-bond acceptors (Lipinski definition) is 4. The van der Waals surface area contributed by atoms with Crippen LogP contribution >= 0.6 is 0 Å². The highest BCUT2D eigenvalue weighted by Gasteiger charge is 2.26. The third-order valence-corrected chi connectivity index (χ3v) is 5.21. The van der Waals surface area contributed by atoms with E-state index in [9.17, 15) is 17.2 Å². The zero-order chi connectivity index (χ0) is 15.6. The van der Waals surface area contributed by atoms with Crippen LogP contribution in [0.2, 0.25) is 0 Å². The lowest BCUT2D eigenvalue weighted by Crippen LogP contribution is -2.31. The minimum absolute atomic E-state index is 0.0891. The summed E-state index contributed by atoms with van der Waals surface area (Å²) in [5, 5.41) is 0. The lowest BCUT2D eigenvalue weighted by atomic mass is 10.3. The van der Waals surface area contributed by atoms with Gasteiger partial charge in [-0.3, -0.25) is 0 Å². The molecule has 0 radical (unpaired) electrons. The number of sulfonamides is 1. The van der Waals surface area contributed by atoms with E-state index in [1.165, 1.54) is 7.05 Å². The van der Waals surface area contributed by atoms with Crippen LogP contribution in [0.3, 0.4) is 0 Å². The van der Waals surface area contributed by atoms with Gasteiger partial charge in [-0.05, 0) is 24.8 Å². The summed E-state index contributed by atoms with van der Waals surface area (Å²) < 4.78 is 57.5. The van der Waals surface area contributed by atoms with E-state index < -0.39 is 32.2 Å². The molecule has 0 saturated heterocycles. The zero-order valence-corrected chi connectivity index (χ0v) is 12.5. The molecule has 0 bridgehead atoms. The molecule has 1 saturated carbocycles. The van der Waals surface area contributed by atoms with E-state index in [2.05, 4.69) is 0 Å². The van der Waals surface area contributed by atoms with Crippen molar-refractivity contribution in [3.8, 4) is 0 Å². The molecule has 8 heteroatoms. The van der Waals surface area contributed by atoms with Gasteiger partial charge in [-0.2, -0.15) is 4.31 Å². The molecule has 118 valence electrons. The summed E-state index contributed by atoms with van der Waals surface area (Å²) in [5.41, 5.74) is 4.89. The molecular formula is C13H18F2N2O3S. The van der Waals surface area contributed by atoms with E-state index >= 15 is 0 Å². The van der Waals surface area contributed by atoms with Gasteiger partial charge in [0.25, 0.3) is 0 Å². The Balaban J connectivity index is 2.03. The molecule has 0 atom stereocenters. The van der Waals surface area contributed by atoms with E-state index in [1.54, 1.807) is 0 Å². The highest BCUT2D eigenvalue weighted by Crippen LogP contribution is 2.28. The largest absolute Gasteiger partial charge is 0.396 e. The van der Waals surface area contributed by atoms with E-state index in [4.69, 9.17) is 10.5 Å². The average Bonchev–Trinajstić information content (AvgIpc) is 3.22. The molecule has 5 nitrogen and oxygen atoms in total. The zero-order valence-electron chi connectivity index (χ0n) is 11.7. The first kappa shape index (κ1) is 16.1. The number of nitrogen functional groups attached to an aromatic ring is 1. The minimum Gasteiger partial charge on any atom is -0.396 e. The Morgan fingerprint density at radius 3 is 2.62 bits per heavy atom. The molecule has 0 spiro atoms. The topological polar surface area (TPSA) is 72.6 Å². The Labute approximate surface area is 122 Å². The lowest BCUT2D eigenvalue weighted by Gasteiger charge is -2.18. The lowest BCUT2D eigenvalue weighted by molar-refractivity contribution is 0.117. The molecule has 1 aromatic rings. The third kappa shape index (κ3) is 3.90. The molecule has 0 aromatic heterocycles. The predicted molar refractivity (Wildman–Crippen MR) is 74.1 cm³/mol. The Kier molecular flexibility index (Phi) is 4.80. The number of anilines is 1. The fraction of sp³-hybridized carbons (Fsp3) is 0.538. The first-order valence-electron chi connectivity index (χ1n) is 6.61. The number of halogens is 2. The van der Waals surface area contributed by atoms with Gasteiger partial charge in [0, 0.05) is 26.3 Å². The molecule has 0 heterocycles. The molecule has 21 heavy (non-hydrogen) atoms. The molecule has 1 aromatic carbocycles. The number of nitrogens with zero attached hydrogens (tertiary/aromatic N) is 1. The van der Waals surface area contributed by atoms with Crippen molar-refractivity contribution in [2.24, 2.45) is 5.92 Å². The van der Waals surface area contributed by atoms with Crippen LogP contribution in [0.5, 0.6) is 0 Å². The van der Waals surface area contributed by atoms with Crippen molar-refractivity contribution in [2.45, 2.75) is 17.7 Å². The van der Waals surface area contributed by atoms with Gasteiger partial charge >= 0.3 is 0 Å². The van der Waals surface area contributed by atoms with Crippen LogP contribution in [0, 0.1) is 17.6 Å². The van der Waals surface area contributed by atoms with Gasteiger partial charge in [-0.15, -0.1) is 0 Å². The van der Waals surface area contributed by atoms with Crippen LogP contribution in [-0.2, 0) is 14.8 Å². The molecular weight excluding hydrogens is 302 g/mol. The number of rotatable bonds is 7. The van der Waals surface area contributed by atoms with Crippen LogP contribution in [0.1, 0.15) is 12.8 Å².